The van der Waals surface area contributed by atoms with E-state index in [1.165, 1.54) is 0 Å². The van der Waals surface area contributed by atoms with E-state index in [0.717, 1.165) is 36.8 Å². The number of hydrogen-bond donors (Lipinski definition) is 3. The van der Waals surface area contributed by atoms with Crippen LogP contribution in [0, 0.1) is 6.92 Å². The van der Waals surface area contributed by atoms with Gasteiger partial charge in [0.1, 0.15) is 12.4 Å². The molecule has 5 heteroatoms. The van der Waals surface area contributed by atoms with Gasteiger partial charge in [-0.15, -0.1) is 0 Å². The number of aliphatic hydroxyl groups excluding tert-OH is 1. The quantitative estimate of drug-likeness (QED) is 0.760. The zero-order valence-electron chi connectivity index (χ0n) is 15.1. The highest BCUT2D eigenvalue weighted by molar-refractivity contribution is 5.91. The Balaban J connectivity index is 1.60. The molecule has 1 aliphatic carbocycles. The van der Waals surface area contributed by atoms with Crippen LogP contribution in [0.2, 0.25) is 0 Å². The first-order valence-electron chi connectivity index (χ1n) is 9.13. The lowest BCUT2D eigenvalue weighted by Gasteiger charge is -2.26. The standard InChI is InChI=1S/C21H26N2O3/c1-15-7-12-19(20(13-15)26-14-16-5-3-2-4-6-16)23-21(25)22-17-8-10-18(24)11-9-17/h2-7,12-13,17-18,24H,8-11,14H2,1H3,(H2,22,23,25). The molecule has 0 bridgehead atoms. The monoisotopic (exact) mass is 354 g/mol. The molecule has 3 N–H and O–H groups in total. The molecule has 138 valence electrons. The Labute approximate surface area is 154 Å². The van der Waals surface area contributed by atoms with E-state index in [1.807, 2.05) is 55.5 Å². The summed E-state index contributed by atoms with van der Waals surface area (Å²) < 4.78 is 5.93. The first-order chi connectivity index (χ1) is 12.6. The lowest BCUT2D eigenvalue weighted by Crippen LogP contribution is -2.40. The van der Waals surface area contributed by atoms with Crippen LogP contribution in [0.3, 0.4) is 0 Å². The van der Waals surface area contributed by atoms with Gasteiger partial charge in [0.25, 0.3) is 0 Å². The van der Waals surface area contributed by atoms with E-state index >= 15 is 0 Å². The molecule has 0 spiro atoms. The SMILES string of the molecule is Cc1ccc(NC(=O)NC2CCC(O)CC2)c(OCc2ccccc2)c1. The Bertz CT molecular complexity index is 725. The molecule has 1 aliphatic rings. The zero-order chi connectivity index (χ0) is 18.4. The second-order valence-corrected chi connectivity index (χ2v) is 6.88. The number of anilines is 1. The maximum absolute atomic E-state index is 12.3. The highest BCUT2D eigenvalue weighted by atomic mass is 16.5. The maximum Gasteiger partial charge on any atom is 0.319 e. The van der Waals surface area contributed by atoms with Crippen molar-refractivity contribution in [1.29, 1.82) is 0 Å². The number of urea groups is 1. The minimum absolute atomic E-state index is 0.109. The lowest BCUT2D eigenvalue weighted by atomic mass is 9.93. The summed E-state index contributed by atoms with van der Waals surface area (Å²) in [5.41, 5.74) is 2.80. The van der Waals surface area contributed by atoms with E-state index in [1.54, 1.807) is 0 Å². The van der Waals surface area contributed by atoms with Gasteiger partial charge in [-0.2, -0.15) is 0 Å². The van der Waals surface area contributed by atoms with Crippen molar-refractivity contribution in [2.45, 2.75) is 51.4 Å². The normalized spacial score (nSPS) is 19.6. The number of hydrogen-bond acceptors (Lipinski definition) is 3. The number of ether oxygens (including phenoxy) is 1. The fraction of sp³-hybridized carbons (Fsp3) is 0.381. The summed E-state index contributed by atoms with van der Waals surface area (Å²) in [5, 5.41) is 15.4. The zero-order valence-corrected chi connectivity index (χ0v) is 15.1. The number of carbonyl (C=O) groups is 1. The van der Waals surface area contributed by atoms with Gasteiger partial charge in [-0.3, -0.25) is 0 Å². The third kappa shape index (κ3) is 5.23. The molecule has 0 heterocycles. The van der Waals surface area contributed by atoms with Gasteiger partial charge in [0, 0.05) is 6.04 Å². The molecule has 2 aromatic rings. The summed E-state index contributed by atoms with van der Waals surface area (Å²) in [4.78, 5) is 12.3. The number of carbonyl (C=O) groups excluding carboxylic acids is 1. The summed E-state index contributed by atoms with van der Waals surface area (Å²) in [6.07, 6.45) is 2.85. The Morgan fingerprint density at radius 2 is 1.85 bits per heavy atom. The van der Waals surface area contributed by atoms with Crippen LogP contribution in [-0.2, 0) is 6.61 Å². The largest absolute Gasteiger partial charge is 0.487 e. The van der Waals surface area contributed by atoms with Gasteiger partial charge in [0.15, 0.2) is 0 Å². The summed E-state index contributed by atoms with van der Waals surface area (Å²) in [6.45, 7) is 2.44. The Morgan fingerprint density at radius 3 is 2.58 bits per heavy atom. The van der Waals surface area contributed by atoms with E-state index in [4.69, 9.17) is 4.74 Å². The molecular formula is C21H26N2O3. The minimum atomic E-state index is -0.236. The fourth-order valence-electron chi connectivity index (χ4n) is 3.15. The maximum atomic E-state index is 12.3. The van der Waals surface area contributed by atoms with Gasteiger partial charge in [0.2, 0.25) is 0 Å². The highest BCUT2D eigenvalue weighted by Crippen LogP contribution is 2.27. The summed E-state index contributed by atoms with van der Waals surface area (Å²) >= 11 is 0. The molecule has 0 radical (unpaired) electrons. The van der Waals surface area contributed by atoms with Crippen LogP contribution in [0.15, 0.2) is 48.5 Å². The Kier molecular flexibility index (Phi) is 6.12. The topological polar surface area (TPSA) is 70.6 Å². The summed E-state index contributed by atoms with van der Waals surface area (Å²) in [5.74, 6) is 0.656. The van der Waals surface area contributed by atoms with Gasteiger partial charge >= 0.3 is 6.03 Å². The fourth-order valence-corrected chi connectivity index (χ4v) is 3.15. The number of amides is 2. The first-order valence-corrected chi connectivity index (χ1v) is 9.13. The van der Waals surface area contributed by atoms with E-state index < -0.39 is 0 Å². The van der Waals surface area contributed by atoms with Crippen LogP contribution in [0.25, 0.3) is 0 Å². The van der Waals surface area contributed by atoms with Crippen LogP contribution >= 0.6 is 0 Å². The number of aliphatic hydroxyl groups is 1. The predicted octanol–water partition coefficient (Wildman–Crippen LogP) is 4.00. The second kappa shape index (κ2) is 8.72. The molecule has 26 heavy (non-hydrogen) atoms. The van der Waals surface area contributed by atoms with Crippen molar-refractivity contribution in [2.75, 3.05) is 5.32 Å². The van der Waals surface area contributed by atoms with Crippen molar-refractivity contribution in [1.82, 2.24) is 5.32 Å². The minimum Gasteiger partial charge on any atom is -0.487 e. The Morgan fingerprint density at radius 1 is 1.12 bits per heavy atom. The Hall–Kier alpha value is -2.53. The smallest absolute Gasteiger partial charge is 0.319 e. The van der Waals surface area contributed by atoms with Crippen molar-refractivity contribution in [2.24, 2.45) is 0 Å². The van der Waals surface area contributed by atoms with Crippen LogP contribution in [0.4, 0.5) is 10.5 Å². The molecule has 0 aliphatic heterocycles. The van der Waals surface area contributed by atoms with Crippen molar-refractivity contribution in [3.05, 3.63) is 59.7 Å². The number of nitrogens with one attached hydrogen (secondary N) is 2. The number of benzene rings is 2. The van der Waals surface area contributed by atoms with Crippen molar-refractivity contribution < 1.29 is 14.6 Å². The van der Waals surface area contributed by atoms with Crippen LogP contribution < -0.4 is 15.4 Å². The average Bonchev–Trinajstić information content (AvgIpc) is 2.64. The van der Waals surface area contributed by atoms with Crippen LogP contribution in [0.1, 0.15) is 36.8 Å². The van der Waals surface area contributed by atoms with Crippen molar-refractivity contribution >= 4 is 11.7 Å². The van der Waals surface area contributed by atoms with Gasteiger partial charge in [-0.25, -0.2) is 4.79 Å². The molecule has 2 amide bonds. The predicted molar refractivity (Wildman–Crippen MR) is 102 cm³/mol. The van der Waals surface area contributed by atoms with E-state index in [9.17, 15) is 9.90 Å². The third-order valence-corrected chi connectivity index (χ3v) is 4.65. The summed E-state index contributed by atoms with van der Waals surface area (Å²) in [7, 11) is 0. The molecule has 1 fully saturated rings. The second-order valence-electron chi connectivity index (χ2n) is 6.88. The molecule has 5 nitrogen and oxygen atoms in total. The van der Waals surface area contributed by atoms with Crippen molar-refractivity contribution in [3.8, 4) is 5.75 Å². The molecule has 0 unspecified atom stereocenters. The number of aryl methyl sites for hydroxylation is 1. The molecule has 0 atom stereocenters. The molecule has 1 saturated carbocycles. The van der Waals surface area contributed by atoms with Crippen LogP contribution in [-0.4, -0.2) is 23.3 Å². The lowest BCUT2D eigenvalue weighted by molar-refractivity contribution is 0.118. The molecule has 0 aromatic heterocycles. The first kappa shape index (κ1) is 18.3. The van der Waals surface area contributed by atoms with Gasteiger partial charge in [0.05, 0.1) is 11.8 Å². The molecular weight excluding hydrogens is 328 g/mol. The number of rotatable bonds is 5. The highest BCUT2D eigenvalue weighted by Gasteiger charge is 2.21. The van der Waals surface area contributed by atoms with Gasteiger partial charge in [-0.1, -0.05) is 36.4 Å². The van der Waals surface area contributed by atoms with Crippen molar-refractivity contribution in [3.63, 3.8) is 0 Å². The van der Waals surface area contributed by atoms with Crippen LogP contribution in [0.5, 0.6) is 5.75 Å². The third-order valence-electron chi connectivity index (χ3n) is 4.65. The van der Waals surface area contributed by atoms with Gasteiger partial charge in [-0.05, 0) is 55.9 Å². The van der Waals surface area contributed by atoms with E-state index in [-0.39, 0.29) is 18.2 Å². The van der Waals surface area contributed by atoms with E-state index in [0.29, 0.717) is 18.0 Å². The van der Waals surface area contributed by atoms with E-state index in [2.05, 4.69) is 10.6 Å². The molecule has 2 aromatic carbocycles. The molecule has 3 rings (SSSR count). The van der Waals surface area contributed by atoms with Gasteiger partial charge < -0.3 is 20.5 Å². The average molecular weight is 354 g/mol. The molecule has 0 saturated heterocycles. The summed E-state index contributed by atoms with van der Waals surface area (Å²) in [6, 6.07) is 15.5.